The van der Waals surface area contributed by atoms with Gasteiger partial charge >= 0.3 is 5.97 Å². The van der Waals surface area contributed by atoms with Gasteiger partial charge in [0.25, 0.3) is 41.4 Å². The predicted octanol–water partition coefficient (Wildman–Crippen LogP) is 12.3. The van der Waals surface area contributed by atoms with Gasteiger partial charge in [-0.1, -0.05) is 78.5 Å². The van der Waals surface area contributed by atoms with Gasteiger partial charge < -0.3 is 46.9 Å². The Labute approximate surface area is 750 Å². The van der Waals surface area contributed by atoms with Crippen LogP contribution >= 0.6 is 0 Å². The molecule has 8 aromatic carbocycles. The van der Waals surface area contributed by atoms with E-state index in [1.54, 1.807) is 40.0 Å². The standard InChI is InChI=1S/C46H39F2N9O7.C26H19F2N3O3.C20H22N6O5.CH3F.CH4/c47-34-19-25(31-20-32-36(21-35(31)48)50-22-33(43(60)52-27-12-13-27)41(32)51-26-7-2-1-3-8-26)11-14-29(34)42(59)49-17-4-5-18-56-23-28(54-55-56)24-64-38-10-6-9-30-40(38)46(63)57(45(30)62)37-15-16-39(58)53-44(37)61;27-21-10-14(6-9-17(21)26(33)34)18-11-19-23(12-22(18)28)29-13-20(25(32)31-16-7-8-16)24(19)30-15-4-2-1-3-5-15;21-8-1-2-9-25-10-12(23-24-25)11-31-15-5-3-4-13-17(15)20(30)26(19(13)29)14-6-7-16(27)22-18(14)28;1-2;/h1-3,6-11,14,19-23,27,37H,4-5,12-13,15-18,24H2,(H,49,59)(H,50,51)(H,52,60)(H,53,58,61);1-6,9-13,16H,7-8H2,(H,29,30)(H,31,32)(H,33,34);3-5,10,14H,1-2,6-9,11,21H2,(H,22,27,28);1H3;1H4/i;;;1D;. The molecule has 0 bridgehead atoms. The Morgan fingerprint density at radius 2 is 0.932 bits per heavy atom. The summed E-state index contributed by atoms with van der Waals surface area (Å²) in [7, 11) is -1.00. The average molecular weight is 1800 g/mol. The molecule has 12 aromatic rings. The Kier molecular flexibility index (Phi) is 28.3. The molecule has 33 nitrogen and oxygen atoms in total. The van der Waals surface area contributed by atoms with Crippen molar-refractivity contribution in [2.75, 3.05) is 30.9 Å². The Hall–Kier alpha value is -15.9. The van der Waals surface area contributed by atoms with Crippen LogP contribution in [-0.4, -0.2) is 170 Å². The number of aromatic nitrogens is 8. The molecule has 11 amide bonds. The number of piperidine rings is 2. The summed E-state index contributed by atoms with van der Waals surface area (Å²) >= 11 is 0. The van der Waals surface area contributed by atoms with Crippen molar-refractivity contribution in [2.45, 2.75) is 135 Å². The zero-order valence-electron chi connectivity index (χ0n) is 70.7. The zero-order chi connectivity index (χ0) is 93.0. The normalized spacial score (nSPS) is 15.5. The van der Waals surface area contributed by atoms with Crippen molar-refractivity contribution < 1.29 is 95.4 Å². The lowest BCUT2D eigenvalue weighted by Gasteiger charge is -2.27. The van der Waals surface area contributed by atoms with Crippen LogP contribution in [0.4, 0.5) is 44.7 Å². The molecule has 678 valence electrons. The number of fused-ring (bicyclic) bond motifs is 4. The molecule has 8 heterocycles. The van der Waals surface area contributed by atoms with Gasteiger partial charge in [-0.2, -0.15) is 0 Å². The molecular formula is C94H87F5N18O15. The number of carbonyl (C=O) groups is 12. The van der Waals surface area contributed by atoms with E-state index in [2.05, 4.69) is 67.8 Å². The number of hydrogen-bond acceptors (Lipinski definition) is 23. The Morgan fingerprint density at radius 1 is 0.500 bits per heavy atom. The molecule has 4 fully saturated rings. The number of ether oxygens (including phenoxy) is 2. The van der Waals surface area contributed by atoms with Gasteiger partial charge in [0.2, 0.25) is 23.6 Å². The lowest BCUT2D eigenvalue weighted by atomic mass is 9.98. The minimum atomic E-state index is -1.41. The van der Waals surface area contributed by atoms with Crippen LogP contribution in [0, 0.1) is 23.3 Å². The van der Waals surface area contributed by atoms with Gasteiger partial charge in [0.1, 0.15) is 71.5 Å². The van der Waals surface area contributed by atoms with Crippen molar-refractivity contribution in [1.29, 1.82) is 0 Å². The number of halogens is 5. The van der Waals surface area contributed by atoms with E-state index in [-0.39, 0.29) is 144 Å². The number of carboxylic acid groups (broad SMARTS) is 1. The third kappa shape index (κ3) is 20.8. The highest BCUT2D eigenvalue weighted by Crippen LogP contribution is 2.41. The highest BCUT2D eigenvalue weighted by atomic mass is 19.1. The Bertz CT molecular complexity index is 6560. The number of nitrogens with two attached hydrogens (primary N) is 1. The van der Waals surface area contributed by atoms with Crippen LogP contribution in [0.2, 0.25) is 0 Å². The van der Waals surface area contributed by atoms with Crippen molar-refractivity contribution in [2.24, 2.45) is 5.73 Å². The number of para-hydroxylation sites is 2. The number of hydrogen-bond donors (Lipinski definition) is 9. The number of unbranched alkanes of at least 4 members (excludes halogenated alkanes) is 2. The Balaban J connectivity index is 0.000000173. The van der Waals surface area contributed by atoms with E-state index in [4.69, 9.17) is 21.7 Å². The smallest absolute Gasteiger partial charge is 0.338 e. The quantitative estimate of drug-likeness (QED) is 0.0119. The number of carbonyl (C=O) groups excluding carboxylic acids is 11. The minimum Gasteiger partial charge on any atom is -0.486 e. The molecule has 6 aliphatic rings. The van der Waals surface area contributed by atoms with Crippen LogP contribution in [0.15, 0.2) is 183 Å². The number of carboxylic acids is 1. The topological polar surface area (TPSA) is 447 Å². The van der Waals surface area contributed by atoms with E-state index < -0.39 is 107 Å². The van der Waals surface area contributed by atoms with Crippen molar-refractivity contribution in [3.63, 3.8) is 0 Å². The first-order chi connectivity index (χ1) is 63.8. The molecule has 0 radical (unpaired) electrons. The number of nitrogens with one attached hydrogen (secondary N) is 7. The monoisotopic (exact) mass is 1800 g/mol. The third-order valence-electron chi connectivity index (χ3n) is 22.1. The molecule has 2 saturated heterocycles. The van der Waals surface area contributed by atoms with Gasteiger partial charge in [0.15, 0.2) is 0 Å². The van der Waals surface area contributed by atoms with Crippen molar-refractivity contribution in [1.82, 2.24) is 76.3 Å². The summed E-state index contributed by atoms with van der Waals surface area (Å²) in [5.41, 5.74) is 10.1. The third-order valence-corrected chi connectivity index (χ3v) is 22.1. The number of nitrogens with zero attached hydrogens (tertiary/aromatic N) is 10. The van der Waals surface area contributed by atoms with Crippen molar-refractivity contribution in [3.05, 3.63) is 262 Å². The number of benzene rings is 8. The highest BCUT2D eigenvalue weighted by molar-refractivity contribution is 6.26. The summed E-state index contributed by atoms with van der Waals surface area (Å²) in [6.07, 6.45) is 12.9. The van der Waals surface area contributed by atoms with E-state index in [1.165, 1.54) is 73.1 Å². The molecule has 2 aliphatic carbocycles. The zero-order valence-corrected chi connectivity index (χ0v) is 69.7. The number of imide groups is 4. The van der Waals surface area contributed by atoms with Crippen LogP contribution in [-0.2, 0) is 45.5 Å². The maximum absolute atomic E-state index is 15.6. The fourth-order valence-electron chi connectivity index (χ4n) is 15.2. The predicted molar refractivity (Wildman–Crippen MR) is 470 cm³/mol. The van der Waals surface area contributed by atoms with Gasteiger partial charge in [-0.05, 0) is 167 Å². The van der Waals surface area contributed by atoms with E-state index in [1.807, 2.05) is 60.7 Å². The summed E-state index contributed by atoms with van der Waals surface area (Å²) in [4.78, 5) is 161. The number of anilines is 4. The van der Waals surface area contributed by atoms with Gasteiger partial charge in [-0.3, -0.25) is 96.9 Å². The summed E-state index contributed by atoms with van der Waals surface area (Å²) in [5, 5.41) is 45.8. The van der Waals surface area contributed by atoms with E-state index >= 15 is 13.2 Å². The molecule has 38 heteroatoms. The first-order valence-electron chi connectivity index (χ1n) is 42.4. The number of amides is 11. The van der Waals surface area contributed by atoms with Gasteiger partial charge in [0, 0.05) is 102 Å². The SMILES string of the molecule is C.NCCCCn1cc(COc2cccc3c2C(=O)N(C2CCC(=O)NC2=O)C3=O)nn1.O=C(O)c1ccc(-c2cc3c(Nc4ccccc4)c(C(=O)NC4CC4)cnc3cc2F)cc1F.O=C1CCC(N2C(=O)c3cccc(OCc4cn(CCCCNC(=O)c5ccc(-c6cc7c(Nc8ccccc8)c(C(=O)NC8CC8)cnc7cc6F)cc5F)nn4)c3C2=O)C(=O)N1.[2H]CF. The second kappa shape index (κ2) is 41.0. The van der Waals surface area contributed by atoms with Crippen molar-refractivity contribution >= 4 is 116 Å². The lowest BCUT2D eigenvalue weighted by molar-refractivity contribution is -0.137. The number of pyridine rings is 2. The first kappa shape index (κ1) is 90.9. The number of aromatic carboxylic acids is 1. The molecule has 0 spiro atoms. The largest absolute Gasteiger partial charge is 0.486 e. The Morgan fingerprint density at radius 3 is 1.34 bits per heavy atom. The maximum atomic E-state index is 15.6. The summed E-state index contributed by atoms with van der Waals surface area (Å²) in [5.74, 6) is -10.2. The molecule has 132 heavy (non-hydrogen) atoms. The molecule has 2 saturated carbocycles. The summed E-state index contributed by atoms with van der Waals surface area (Å²) < 4.78 is 90.9. The molecule has 2 atom stereocenters. The number of rotatable bonds is 29. The van der Waals surface area contributed by atoms with Crippen LogP contribution < -0.4 is 52.4 Å². The lowest BCUT2D eigenvalue weighted by Crippen LogP contribution is -2.54. The van der Waals surface area contributed by atoms with E-state index in [0.717, 1.165) is 72.2 Å². The van der Waals surface area contributed by atoms with Crippen LogP contribution in [0.3, 0.4) is 0 Å². The van der Waals surface area contributed by atoms with Gasteiger partial charge in [-0.15, -0.1) is 10.2 Å². The average Bonchev–Trinajstić information content (AvgIpc) is 1.75. The second-order valence-electron chi connectivity index (χ2n) is 31.2. The van der Waals surface area contributed by atoms with E-state index in [9.17, 15) is 66.3 Å². The highest BCUT2D eigenvalue weighted by Gasteiger charge is 2.48. The number of alkyl halides is 1. The molecule has 10 N–H and O–H groups in total. The first-order valence-corrected chi connectivity index (χ1v) is 41.7. The van der Waals surface area contributed by atoms with Gasteiger partial charge in [-0.25, -0.2) is 22.4 Å². The molecule has 4 aromatic heterocycles. The van der Waals surface area contributed by atoms with E-state index in [0.29, 0.717) is 88.3 Å². The fraction of sp³-hybridized carbons (Fsp3) is 0.255. The second-order valence-corrected chi connectivity index (χ2v) is 31.2. The molecule has 4 aliphatic heterocycles. The van der Waals surface area contributed by atoms with Crippen LogP contribution in [0.25, 0.3) is 44.1 Å². The molecule has 2 unspecified atom stereocenters. The minimum absolute atomic E-state index is 0. The maximum Gasteiger partial charge on any atom is 0.338 e. The van der Waals surface area contributed by atoms with Crippen molar-refractivity contribution in [3.8, 4) is 33.8 Å². The van der Waals surface area contributed by atoms with Crippen LogP contribution in [0.1, 0.15) is 180 Å². The summed E-state index contributed by atoms with van der Waals surface area (Å²) in [6.45, 7) is 1.96. The van der Waals surface area contributed by atoms with Crippen LogP contribution in [0.5, 0.6) is 11.5 Å². The van der Waals surface area contributed by atoms with Gasteiger partial charge in [0.05, 0.1) is 87.8 Å². The fourth-order valence-corrected chi connectivity index (χ4v) is 15.2. The number of aryl methyl sites for hydroxylation is 2. The molecule has 18 rings (SSSR count). The summed E-state index contributed by atoms with van der Waals surface area (Å²) in [6, 6.07) is 38.6. The molecular weight excluding hydrogens is 1720 g/mol.